The molecular weight excluding hydrogens is 234 g/mol. The molecule has 0 bridgehead atoms. The number of hydrogen-bond acceptors (Lipinski definition) is 2. The Morgan fingerprint density at radius 2 is 2.11 bits per heavy atom. The lowest BCUT2D eigenvalue weighted by Crippen LogP contribution is -2.10. The number of aromatic nitrogens is 2. The van der Waals surface area contributed by atoms with Crippen molar-refractivity contribution in [1.82, 2.24) is 9.55 Å². The number of unbranched alkanes of at least 4 members (excludes halogenated alkanes) is 1. The molecule has 0 saturated heterocycles. The maximum atomic E-state index is 5.70. The Morgan fingerprint density at radius 3 is 2.74 bits per heavy atom. The molecule has 0 fully saturated rings. The molecule has 1 aromatic heterocycles. The predicted octanol–water partition coefficient (Wildman–Crippen LogP) is 3.46. The molecule has 0 amide bonds. The van der Waals surface area contributed by atoms with Crippen molar-refractivity contribution in [3.63, 3.8) is 0 Å². The molecule has 104 valence electrons. The van der Waals surface area contributed by atoms with Crippen LogP contribution in [0.4, 0.5) is 0 Å². The standard InChI is InChI=1S/C16H25N3/c1-4-5-10-19-15-7-6-13(12(2)3)11-14(15)18-16(19)8-9-17/h6-7,11-12H,4-5,8-10,17H2,1-3H3. The van der Waals surface area contributed by atoms with Crippen LogP contribution >= 0.6 is 0 Å². The van der Waals surface area contributed by atoms with Crippen molar-refractivity contribution in [3.05, 3.63) is 29.6 Å². The van der Waals surface area contributed by atoms with E-state index in [0.717, 1.165) is 24.3 Å². The van der Waals surface area contributed by atoms with Crippen LogP contribution < -0.4 is 5.73 Å². The van der Waals surface area contributed by atoms with Gasteiger partial charge in [0.15, 0.2) is 0 Å². The topological polar surface area (TPSA) is 43.8 Å². The van der Waals surface area contributed by atoms with Gasteiger partial charge in [-0.3, -0.25) is 0 Å². The van der Waals surface area contributed by atoms with Crippen LogP contribution in [0.2, 0.25) is 0 Å². The molecule has 3 heteroatoms. The summed E-state index contributed by atoms with van der Waals surface area (Å²) in [6, 6.07) is 6.67. The molecule has 0 aliphatic rings. The molecule has 0 aliphatic heterocycles. The molecule has 1 aromatic carbocycles. The third-order valence-corrected chi connectivity index (χ3v) is 3.62. The lowest BCUT2D eigenvalue weighted by atomic mass is 10.0. The summed E-state index contributed by atoms with van der Waals surface area (Å²) in [7, 11) is 0. The highest BCUT2D eigenvalue weighted by atomic mass is 15.1. The second-order valence-corrected chi connectivity index (χ2v) is 5.47. The van der Waals surface area contributed by atoms with Gasteiger partial charge in [0.2, 0.25) is 0 Å². The summed E-state index contributed by atoms with van der Waals surface area (Å²) in [6.45, 7) is 8.36. The fourth-order valence-electron chi connectivity index (χ4n) is 2.44. The summed E-state index contributed by atoms with van der Waals surface area (Å²) in [5, 5.41) is 0. The summed E-state index contributed by atoms with van der Waals surface area (Å²) in [5.41, 5.74) is 9.43. The minimum absolute atomic E-state index is 0.545. The number of benzene rings is 1. The van der Waals surface area contributed by atoms with Crippen LogP contribution in [0, 0.1) is 0 Å². The van der Waals surface area contributed by atoms with Crippen molar-refractivity contribution in [2.45, 2.75) is 52.5 Å². The first kappa shape index (κ1) is 14.1. The van der Waals surface area contributed by atoms with Crippen LogP contribution in [0.5, 0.6) is 0 Å². The Kier molecular flexibility index (Phi) is 4.59. The molecule has 0 atom stereocenters. The summed E-state index contributed by atoms with van der Waals surface area (Å²) in [4.78, 5) is 4.78. The molecule has 2 rings (SSSR count). The Hall–Kier alpha value is -1.35. The SMILES string of the molecule is CCCCn1c(CCN)nc2cc(C(C)C)ccc21. The molecule has 0 spiro atoms. The number of nitrogens with two attached hydrogens (primary N) is 1. The smallest absolute Gasteiger partial charge is 0.111 e. The number of imidazole rings is 1. The molecule has 3 nitrogen and oxygen atoms in total. The van der Waals surface area contributed by atoms with Crippen LogP contribution in [0.25, 0.3) is 11.0 Å². The molecular formula is C16H25N3. The van der Waals surface area contributed by atoms with Gasteiger partial charge in [0.25, 0.3) is 0 Å². The first-order chi connectivity index (χ1) is 9.17. The highest BCUT2D eigenvalue weighted by Gasteiger charge is 2.11. The van der Waals surface area contributed by atoms with Crippen molar-refractivity contribution >= 4 is 11.0 Å². The van der Waals surface area contributed by atoms with Crippen molar-refractivity contribution in [1.29, 1.82) is 0 Å². The highest BCUT2D eigenvalue weighted by Crippen LogP contribution is 2.23. The zero-order valence-corrected chi connectivity index (χ0v) is 12.3. The summed E-state index contributed by atoms with van der Waals surface area (Å²) in [5.74, 6) is 1.68. The highest BCUT2D eigenvalue weighted by molar-refractivity contribution is 5.77. The van der Waals surface area contributed by atoms with E-state index < -0.39 is 0 Å². The fraction of sp³-hybridized carbons (Fsp3) is 0.562. The first-order valence-electron chi connectivity index (χ1n) is 7.36. The van der Waals surface area contributed by atoms with Crippen molar-refractivity contribution in [3.8, 4) is 0 Å². The number of hydrogen-bond donors (Lipinski definition) is 1. The second-order valence-electron chi connectivity index (χ2n) is 5.47. The van der Waals surface area contributed by atoms with Gasteiger partial charge in [0.05, 0.1) is 11.0 Å². The monoisotopic (exact) mass is 259 g/mol. The maximum Gasteiger partial charge on any atom is 0.111 e. The Labute approximate surface area is 115 Å². The normalized spacial score (nSPS) is 11.6. The lowest BCUT2D eigenvalue weighted by Gasteiger charge is -2.08. The van der Waals surface area contributed by atoms with Gasteiger partial charge in [-0.15, -0.1) is 0 Å². The summed E-state index contributed by atoms with van der Waals surface area (Å²) < 4.78 is 2.34. The van der Waals surface area contributed by atoms with Crippen molar-refractivity contribution in [2.75, 3.05) is 6.54 Å². The van der Waals surface area contributed by atoms with E-state index in [4.69, 9.17) is 10.7 Å². The minimum Gasteiger partial charge on any atom is -0.330 e. The van der Waals surface area contributed by atoms with E-state index in [9.17, 15) is 0 Å². The quantitative estimate of drug-likeness (QED) is 0.863. The van der Waals surface area contributed by atoms with Gasteiger partial charge >= 0.3 is 0 Å². The van der Waals surface area contributed by atoms with Gasteiger partial charge in [0, 0.05) is 13.0 Å². The minimum atomic E-state index is 0.545. The average molecular weight is 259 g/mol. The first-order valence-corrected chi connectivity index (χ1v) is 7.36. The molecule has 0 unspecified atom stereocenters. The Balaban J connectivity index is 2.46. The van der Waals surface area contributed by atoms with Crippen molar-refractivity contribution in [2.24, 2.45) is 5.73 Å². The van der Waals surface area contributed by atoms with Gasteiger partial charge in [0.1, 0.15) is 5.82 Å². The van der Waals surface area contributed by atoms with Crippen LogP contribution in [0.3, 0.4) is 0 Å². The van der Waals surface area contributed by atoms with Crippen molar-refractivity contribution < 1.29 is 0 Å². The second kappa shape index (κ2) is 6.20. The van der Waals surface area contributed by atoms with E-state index in [0.29, 0.717) is 12.5 Å². The molecule has 19 heavy (non-hydrogen) atoms. The van der Waals surface area contributed by atoms with Crippen LogP contribution in [-0.4, -0.2) is 16.1 Å². The number of nitrogens with zero attached hydrogens (tertiary/aromatic N) is 2. The van der Waals surface area contributed by atoms with E-state index in [1.165, 1.54) is 23.9 Å². The van der Waals surface area contributed by atoms with Gasteiger partial charge in [-0.2, -0.15) is 0 Å². The third-order valence-electron chi connectivity index (χ3n) is 3.62. The molecule has 0 aliphatic carbocycles. The Bertz CT molecular complexity index is 540. The largest absolute Gasteiger partial charge is 0.330 e. The van der Waals surface area contributed by atoms with Gasteiger partial charge in [-0.05, 0) is 36.6 Å². The predicted molar refractivity (Wildman–Crippen MR) is 81.5 cm³/mol. The zero-order chi connectivity index (χ0) is 13.8. The van der Waals surface area contributed by atoms with Gasteiger partial charge in [-0.1, -0.05) is 33.3 Å². The van der Waals surface area contributed by atoms with E-state index in [-0.39, 0.29) is 0 Å². The van der Waals surface area contributed by atoms with E-state index in [2.05, 4.69) is 43.5 Å². The van der Waals surface area contributed by atoms with Crippen LogP contribution in [0.15, 0.2) is 18.2 Å². The molecule has 0 saturated carbocycles. The van der Waals surface area contributed by atoms with E-state index in [1.54, 1.807) is 0 Å². The Morgan fingerprint density at radius 1 is 1.32 bits per heavy atom. The van der Waals surface area contributed by atoms with E-state index in [1.807, 2.05) is 0 Å². The van der Waals surface area contributed by atoms with Gasteiger partial charge in [-0.25, -0.2) is 4.98 Å². The molecule has 0 radical (unpaired) electrons. The summed E-state index contributed by atoms with van der Waals surface area (Å²) in [6.07, 6.45) is 3.25. The zero-order valence-electron chi connectivity index (χ0n) is 12.3. The maximum absolute atomic E-state index is 5.70. The molecule has 1 heterocycles. The molecule has 2 aromatic rings. The summed E-state index contributed by atoms with van der Waals surface area (Å²) >= 11 is 0. The number of rotatable bonds is 6. The lowest BCUT2D eigenvalue weighted by molar-refractivity contribution is 0.615. The van der Waals surface area contributed by atoms with Crippen LogP contribution in [0.1, 0.15) is 50.9 Å². The average Bonchev–Trinajstić information content (AvgIpc) is 2.73. The van der Waals surface area contributed by atoms with Crippen LogP contribution in [-0.2, 0) is 13.0 Å². The van der Waals surface area contributed by atoms with Gasteiger partial charge < -0.3 is 10.3 Å². The fourth-order valence-corrected chi connectivity index (χ4v) is 2.44. The molecule has 2 N–H and O–H groups in total. The number of aryl methyl sites for hydroxylation is 1. The number of fused-ring (bicyclic) bond motifs is 1. The van der Waals surface area contributed by atoms with E-state index >= 15 is 0 Å². The third kappa shape index (κ3) is 2.98.